The number of halogens is 2. The first-order chi connectivity index (χ1) is 18.9. The average Bonchev–Trinajstić information content (AvgIpc) is 3.51. The molecular formula is C30H23F2N5OS. The van der Waals surface area contributed by atoms with Crippen molar-refractivity contribution in [3.05, 3.63) is 118 Å². The molecule has 9 heteroatoms. The van der Waals surface area contributed by atoms with Crippen LogP contribution in [0.15, 0.2) is 89.9 Å². The SMILES string of the molecule is CN(S)C1=CN2NC(c3ccc(F)cc3)C(C=O)=C2C=C1c1ccc2c(n1)-c1cc3c(F)cccc3n1CC2. The fraction of sp³-hybridized carbons (Fsp3) is 0.133. The van der Waals surface area contributed by atoms with E-state index in [0.29, 0.717) is 22.4 Å². The molecule has 0 fully saturated rings. The lowest BCUT2D eigenvalue weighted by Gasteiger charge is -2.29. The van der Waals surface area contributed by atoms with Crippen LogP contribution in [0.5, 0.6) is 0 Å². The molecule has 1 atom stereocenters. The molecular weight excluding hydrogens is 516 g/mol. The molecule has 3 aliphatic heterocycles. The summed E-state index contributed by atoms with van der Waals surface area (Å²) in [4.78, 5) is 17.4. The molecule has 6 nitrogen and oxygen atoms in total. The van der Waals surface area contributed by atoms with Crippen LogP contribution in [-0.2, 0) is 17.8 Å². The Kier molecular flexibility index (Phi) is 5.47. The lowest BCUT2D eigenvalue weighted by Crippen LogP contribution is -2.32. The summed E-state index contributed by atoms with van der Waals surface area (Å²) in [5.74, 6) is -0.585. The van der Waals surface area contributed by atoms with Gasteiger partial charge in [-0.15, -0.1) is 0 Å². The molecule has 4 aromatic rings. The average molecular weight is 540 g/mol. The first-order valence-corrected chi connectivity index (χ1v) is 13.0. The second-order valence-corrected chi connectivity index (χ2v) is 10.4. The summed E-state index contributed by atoms with van der Waals surface area (Å²) in [6.07, 6.45) is 5.43. The highest BCUT2D eigenvalue weighted by Gasteiger charge is 2.34. The van der Waals surface area contributed by atoms with Crippen molar-refractivity contribution in [2.75, 3.05) is 7.05 Å². The molecule has 0 radical (unpaired) electrons. The van der Waals surface area contributed by atoms with Crippen LogP contribution in [0.25, 0.3) is 27.9 Å². The van der Waals surface area contributed by atoms with Gasteiger partial charge in [-0.2, -0.15) is 0 Å². The second kappa shape index (κ2) is 8.93. The number of aryl methyl sites for hydroxylation is 2. The predicted molar refractivity (Wildman–Crippen MR) is 149 cm³/mol. The maximum Gasteiger partial charge on any atom is 0.150 e. The Hall–Kier alpha value is -4.21. The van der Waals surface area contributed by atoms with Gasteiger partial charge in [-0.05, 0) is 60.0 Å². The van der Waals surface area contributed by atoms with Gasteiger partial charge >= 0.3 is 0 Å². The number of allylic oxidation sites excluding steroid dienone is 2. The molecule has 0 saturated carbocycles. The van der Waals surface area contributed by atoms with E-state index < -0.39 is 6.04 Å². The zero-order valence-electron chi connectivity index (χ0n) is 20.9. The minimum absolute atomic E-state index is 0.248. The number of hydrogen-bond acceptors (Lipinski definition) is 6. The van der Waals surface area contributed by atoms with Crippen LogP contribution in [0.3, 0.4) is 0 Å². The summed E-state index contributed by atoms with van der Waals surface area (Å²) >= 11 is 4.59. The Balaban J connectivity index is 1.36. The third kappa shape index (κ3) is 3.72. The number of nitrogens with one attached hydrogen (secondary N) is 1. The van der Waals surface area contributed by atoms with Crippen molar-refractivity contribution in [2.45, 2.75) is 19.0 Å². The van der Waals surface area contributed by atoms with E-state index in [-0.39, 0.29) is 11.6 Å². The Morgan fingerprint density at radius 3 is 2.72 bits per heavy atom. The van der Waals surface area contributed by atoms with Gasteiger partial charge in [0.05, 0.1) is 40.0 Å². The van der Waals surface area contributed by atoms with Crippen molar-refractivity contribution in [3.63, 3.8) is 0 Å². The largest absolute Gasteiger partial charge is 0.339 e. The normalized spacial score (nSPS) is 17.9. The highest BCUT2D eigenvalue weighted by Crippen LogP contribution is 2.41. The Bertz CT molecular complexity index is 1770. The number of carbonyl (C=O) groups excluding carboxylic acids is 1. The van der Waals surface area contributed by atoms with Crippen LogP contribution in [0.2, 0.25) is 0 Å². The monoisotopic (exact) mass is 539 g/mol. The lowest BCUT2D eigenvalue weighted by molar-refractivity contribution is -0.105. The predicted octanol–water partition coefficient (Wildman–Crippen LogP) is 5.57. The molecule has 0 saturated heterocycles. The summed E-state index contributed by atoms with van der Waals surface area (Å²) in [6, 6.07) is 16.7. The number of hydrazine groups is 1. The van der Waals surface area contributed by atoms with Gasteiger partial charge in [0, 0.05) is 36.3 Å². The summed E-state index contributed by atoms with van der Waals surface area (Å²) in [5, 5.41) is 2.38. The number of aromatic nitrogens is 2. The lowest BCUT2D eigenvalue weighted by atomic mass is 9.96. The molecule has 0 amide bonds. The van der Waals surface area contributed by atoms with Crippen molar-refractivity contribution >= 4 is 35.6 Å². The molecule has 2 aromatic carbocycles. The van der Waals surface area contributed by atoms with E-state index in [1.54, 1.807) is 27.5 Å². The number of nitrogens with zero attached hydrogens (tertiary/aromatic N) is 4. The van der Waals surface area contributed by atoms with Crippen LogP contribution in [0, 0.1) is 11.6 Å². The van der Waals surface area contributed by atoms with E-state index in [2.05, 4.69) is 28.9 Å². The van der Waals surface area contributed by atoms with Crippen molar-refractivity contribution in [2.24, 2.45) is 0 Å². The molecule has 3 aliphatic rings. The molecule has 1 unspecified atom stereocenters. The van der Waals surface area contributed by atoms with E-state index in [1.165, 1.54) is 18.2 Å². The number of fused-ring (bicyclic) bond motifs is 6. The summed E-state index contributed by atoms with van der Waals surface area (Å²) < 4.78 is 32.0. The van der Waals surface area contributed by atoms with Crippen molar-refractivity contribution < 1.29 is 13.6 Å². The molecule has 5 heterocycles. The van der Waals surface area contributed by atoms with Crippen molar-refractivity contribution in [3.8, 4) is 11.4 Å². The van der Waals surface area contributed by atoms with Crippen LogP contribution in [0.1, 0.15) is 22.9 Å². The molecule has 2 aromatic heterocycles. The Labute approximate surface area is 229 Å². The highest BCUT2D eigenvalue weighted by atomic mass is 32.1. The molecule has 1 N–H and O–H groups in total. The first-order valence-electron chi connectivity index (χ1n) is 12.6. The van der Waals surface area contributed by atoms with Gasteiger partial charge in [0.25, 0.3) is 0 Å². The topological polar surface area (TPSA) is 53.4 Å². The van der Waals surface area contributed by atoms with Crippen LogP contribution >= 0.6 is 12.8 Å². The second-order valence-electron chi connectivity index (χ2n) is 9.85. The zero-order valence-corrected chi connectivity index (χ0v) is 21.8. The number of rotatable bonds is 4. The molecule has 39 heavy (non-hydrogen) atoms. The molecule has 0 bridgehead atoms. The van der Waals surface area contributed by atoms with Crippen molar-refractivity contribution in [1.29, 1.82) is 0 Å². The highest BCUT2D eigenvalue weighted by molar-refractivity contribution is 7.77. The van der Waals surface area contributed by atoms with Gasteiger partial charge in [0.2, 0.25) is 0 Å². The molecule has 0 spiro atoms. The summed E-state index contributed by atoms with van der Waals surface area (Å²) in [6.45, 7) is 0.754. The maximum absolute atomic E-state index is 14.6. The van der Waals surface area contributed by atoms with Gasteiger partial charge in [-0.25, -0.2) is 19.2 Å². The fourth-order valence-corrected chi connectivity index (χ4v) is 5.87. The zero-order chi connectivity index (χ0) is 26.8. The number of pyridine rings is 1. The van der Waals surface area contributed by atoms with E-state index in [1.807, 2.05) is 37.5 Å². The van der Waals surface area contributed by atoms with E-state index in [4.69, 9.17) is 4.98 Å². The van der Waals surface area contributed by atoms with Gasteiger partial charge in [0.15, 0.2) is 0 Å². The number of hydrogen-bond donors (Lipinski definition) is 2. The molecule has 0 aliphatic carbocycles. The summed E-state index contributed by atoms with van der Waals surface area (Å²) in [5.41, 5.74) is 11.3. The van der Waals surface area contributed by atoms with Crippen LogP contribution < -0.4 is 5.43 Å². The number of benzene rings is 2. The smallest absolute Gasteiger partial charge is 0.150 e. The number of aldehydes is 1. The molecule has 194 valence electrons. The third-order valence-corrected chi connectivity index (χ3v) is 7.83. The van der Waals surface area contributed by atoms with Gasteiger partial charge in [-0.1, -0.05) is 37.1 Å². The Morgan fingerprint density at radius 1 is 1.13 bits per heavy atom. The number of likely N-dealkylation sites (N-methyl/N-ethyl adjacent to an activating group) is 1. The minimum atomic E-state index is -0.432. The summed E-state index contributed by atoms with van der Waals surface area (Å²) in [7, 11) is 1.82. The van der Waals surface area contributed by atoms with Gasteiger partial charge in [0.1, 0.15) is 17.9 Å². The quantitative estimate of drug-likeness (QED) is 0.263. The standard InChI is InChI=1S/C30H23F2N5OS/c1-35(39)28-15-37-26(22(16-38)29(34-37)17-5-8-19(31)9-6-17)14-21(28)24-10-7-18-11-12-36-25-4-2-3-23(32)20(25)13-27(36)30(18)33-24/h2-10,13-16,29,34,39H,11-12H2,1H3. The maximum atomic E-state index is 14.6. The first kappa shape index (κ1) is 23.9. The fourth-order valence-electron chi connectivity index (χ4n) is 5.71. The van der Waals surface area contributed by atoms with Gasteiger partial charge in [-0.3, -0.25) is 9.80 Å². The third-order valence-electron chi connectivity index (χ3n) is 7.62. The minimum Gasteiger partial charge on any atom is -0.339 e. The van der Waals surface area contributed by atoms with E-state index in [0.717, 1.165) is 58.6 Å². The van der Waals surface area contributed by atoms with Crippen molar-refractivity contribution in [1.82, 2.24) is 24.3 Å². The number of thiol groups is 1. The van der Waals surface area contributed by atoms with E-state index in [9.17, 15) is 13.6 Å². The number of carbonyl (C=O) groups is 1. The van der Waals surface area contributed by atoms with Gasteiger partial charge < -0.3 is 8.87 Å². The van der Waals surface area contributed by atoms with Crippen LogP contribution in [0.4, 0.5) is 8.78 Å². The molecule has 7 rings (SSSR count). The van der Waals surface area contributed by atoms with Crippen LogP contribution in [-0.4, -0.2) is 32.2 Å². The Morgan fingerprint density at radius 2 is 1.95 bits per heavy atom. The van der Waals surface area contributed by atoms with E-state index >= 15 is 0 Å².